The molecule has 0 bridgehead atoms. The summed E-state index contributed by atoms with van der Waals surface area (Å²) >= 11 is 0. The summed E-state index contributed by atoms with van der Waals surface area (Å²) in [7, 11) is 4.17. The highest BCUT2D eigenvalue weighted by molar-refractivity contribution is 5.00. The quantitative estimate of drug-likeness (QED) is 0.848. The molecule has 0 amide bonds. The van der Waals surface area contributed by atoms with Crippen LogP contribution in [0.3, 0.4) is 0 Å². The topological polar surface area (TPSA) is 57.4 Å². The van der Waals surface area contributed by atoms with Gasteiger partial charge in [-0.2, -0.15) is 0 Å². The van der Waals surface area contributed by atoms with Crippen molar-refractivity contribution in [2.24, 2.45) is 0 Å². The molecule has 3 heterocycles. The van der Waals surface area contributed by atoms with Crippen molar-refractivity contribution in [3.05, 3.63) is 11.6 Å². The van der Waals surface area contributed by atoms with Crippen molar-refractivity contribution in [3.8, 4) is 0 Å². The fourth-order valence-electron chi connectivity index (χ4n) is 3.43. The molecule has 112 valence electrons. The smallest absolute Gasteiger partial charge is 0.147 e. The lowest BCUT2D eigenvalue weighted by atomic mass is 10.1. The molecule has 1 aromatic rings. The van der Waals surface area contributed by atoms with Crippen molar-refractivity contribution in [2.45, 2.75) is 50.9 Å². The van der Waals surface area contributed by atoms with E-state index in [4.69, 9.17) is 0 Å². The van der Waals surface area contributed by atoms with Crippen LogP contribution in [0.5, 0.6) is 0 Å². The van der Waals surface area contributed by atoms with E-state index < -0.39 is 0 Å². The molecule has 0 aliphatic carbocycles. The van der Waals surface area contributed by atoms with Crippen molar-refractivity contribution in [1.29, 1.82) is 0 Å². The number of fused-ring (bicyclic) bond motifs is 1. The summed E-state index contributed by atoms with van der Waals surface area (Å²) < 4.78 is 2.28. The Morgan fingerprint density at radius 1 is 1.30 bits per heavy atom. The van der Waals surface area contributed by atoms with E-state index in [1.807, 2.05) is 0 Å². The molecule has 1 N–H and O–H groups in total. The van der Waals surface area contributed by atoms with Crippen molar-refractivity contribution in [1.82, 2.24) is 24.6 Å². The average molecular weight is 279 g/mol. The van der Waals surface area contributed by atoms with Crippen LogP contribution in [-0.4, -0.2) is 69.0 Å². The molecule has 0 spiro atoms. The third-order valence-corrected chi connectivity index (χ3v) is 4.36. The molecule has 6 heteroatoms. The van der Waals surface area contributed by atoms with Gasteiger partial charge in [-0.15, -0.1) is 10.2 Å². The summed E-state index contributed by atoms with van der Waals surface area (Å²) in [5.41, 5.74) is 0. The van der Waals surface area contributed by atoms with E-state index in [2.05, 4.69) is 38.7 Å². The van der Waals surface area contributed by atoms with Crippen LogP contribution in [0.15, 0.2) is 0 Å². The lowest BCUT2D eigenvalue weighted by Gasteiger charge is -2.26. The van der Waals surface area contributed by atoms with E-state index >= 15 is 0 Å². The number of aliphatic hydroxyl groups excluding tert-OH is 1. The van der Waals surface area contributed by atoms with Gasteiger partial charge in [0.1, 0.15) is 11.6 Å². The van der Waals surface area contributed by atoms with Crippen LogP contribution < -0.4 is 0 Å². The third-order valence-electron chi connectivity index (χ3n) is 4.36. The number of aromatic nitrogens is 3. The molecular weight excluding hydrogens is 254 g/mol. The summed E-state index contributed by atoms with van der Waals surface area (Å²) in [4.78, 5) is 4.55. The van der Waals surface area contributed by atoms with Gasteiger partial charge in [-0.05, 0) is 33.4 Å². The number of likely N-dealkylation sites (N-methyl/N-ethyl adjacent to an activating group) is 1. The number of aliphatic hydroxyl groups is 1. The largest absolute Gasteiger partial charge is 0.392 e. The van der Waals surface area contributed by atoms with Gasteiger partial charge in [0.2, 0.25) is 0 Å². The summed E-state index contributed by atoms with van der Waals surface area (Å²) in [6, 6.07) is 0.413. The SMILES string of the molecule is CN(C)CC1CC(O)CN1Cc1nnc2n1CCCC2. The molecule has 3 rings (SSSR count). The highest BCUT2D eigenvalue weighted by Gasteiger charge is 2.32. The number of rotatable bonds is 4. The van der Waals surface area contributed by atoms with E-state index in [9.17, 15) is 5.11 Å². The zero-order valence-corrected chi connectivity index (χ0v) is 12.5. The van der Waals surface area contributed by atoms with Crippen molar-refractivity contribution in [2.75, 3.05) is 27.2 Å². The van der Waals surface area contributed by atoms with Crippen LogP contribution in [0.25, 0.3) is 0 Å². The normalized spacial score (nSPS) is 27.2. The predicted molar refractivity (Wildman–Crippen MR) is 76.3 cm³/mol. The van der Waals surface area contributed by atoms with Crippen molar-refractivity contribution < 1.29 is 5.11 Å². The van der Waals surface area contributed by atoms with Crippen LogP contribution in [0.4, 0.5) is 0 Å². The van der Waals surface area contributed by atoms with E-state index in [1.165, 1.54) is 12.8 Å². The molecule has 20 heavy (non-hydrogen) atoms. The Labute approximate surface area is 120 Å². The second-order valence-electron chi connectivity index (χ2n) is 6.38. The van der Waals surface area contributed by atoms with Crippen molar-refractivity contribution >= 4 is 0 Å². The number of likely N-dealkylation sites (tertiary alicyclic amines) is 1. The van der Waals surface area contributed by atoms with Gasteiger partial charge in [0.25, 0.3) is 0 Å². The molecule has 0 aromatic carbocycles. The fourth-order valence-corrected chi connectivity index (χ4v) is 3.43. The Balaban J connectivity index is 1.71. The number of β-amino-alcohol motifs (C(OH)–C–C–N with tert-alkyl or cyclic N) is 1. The van der Waals surface area contributed by atoms with E-state index in [0.717, 1.165) is 50.7 Å². The highest BCUT2D eigenvalue weighted by Crippen LogP contribution is 2.22. The molecule has 2 unspecified atom stereocenters. The Kier molecular flexibility index (Phi) is 4.05. The van der Waals surface area contributed by atoms with E-state index in [-0.39, 0.29) is 6.10 Å². The number of hydrogen-bond acceptors (Lipinski definition) is 5. The molecule has 1 aromatic heterocycles. The average Bonchev–Trinajstić information content (AvgIpc) is 2.94. The van der Waals surface area contributed by atoms with Gasteiger partial charge in [-0.3, -0.25) is 4.90 Å². The first-order valence-electron chi connectivity index (χ1n) is 7.61. The summed E-state index contributed by atoms with van der Waals surface area (Å²) in [5, 5.41) is 18.6. The first-order valence-corrected chi connectivity index (χ1v) is 7.61. The lowest BCUT2D eigenvalue weighted by Crippen LogP contribution is -2.37. The fraction of sp³-hybridized carbons (Fsp3) is 0.857. The van der Waals surface area contributed by atoms with Gasteiger partial charge in [-0.25, -0.2) is 0 Å². The predicted octanol–water partition coefficient (Wildman–Crippen LogP) is 0.111. The monoisotopic (exact) mass is 279 g/mol. The van der Waals surface area contributed by atoms with Gasteiger partial charge >= 0.3 is 0 Å². The van der Waals surface area contributed by atoms with Crippen LogP contribution in [0.2, 0.25) is 0 Å². The summed E-state index contributed by atoms with van der Waals surface area (Å²) in [6.45, 7) is 3.59. The molecule has 1 saturated heterocycles. The minimum atomic E-state index is -0.205. The maximum absolute atomic E-state index is 9.95. The van der Waals surface area contributed by atoms with Crippen LogP contribution >= 0.6 is 0 Å². The molecular formula is C14H25N5O. The molecule has 0 saturated carbocycles. The van der Waals surface area contributed by atoms with Crippen molar-refractivity contribution in [3.63, 3.8) is 0 Å². The van der Waals surface area contributed by atoms with Gasteiger partial charge in [0, 0.05) is 32.1 Å². The zero-order valence-electron chi connectivity index (χ0n) is 12.5. The molecule has 6 nitrogen and oxygen atoms in total. The maximum Gasteiger partial charge on any atom is 0.147 e. The second-order valence-corrected chi connectivity index (χ2v) is 6.38. The van der Waals surface area contributed by atoms with Crippen LogP contribution in [-0.2, 0) is 19.5 Å². The minimum absolute atomic E-state index is 0.205. The van der Waals surface area contributed by atoms with Gasteiger partial charge < -0.3 is 14.6 Å². The molecule has 2 atom stereocenters. The number of hydrogen-bond donors (Lipinski definition) is 1. The second kappa shape index (κ2) is 5.79. The van der Waals surface area contributed by atoms with E-state index in [1.54, 1.807) is 0 Å². The first-order chi connectivity index (χ1) is 9.63. The van der Waals surface area contributed by atoms with E-state index in [0.29, 0.717) is 6.04 Å². The Morgan fingerprint density at radius 2 is 2.15 bits per heavy atom. The number of aryl methyl sites for hydroxylation is 1. The Bertz CT molecular complexity index is 458. The molecule has 2 aliphatic rings. The van der Waals surface area contributed by atoms with Gasteiger partial charge in [-0.1, -0.05) is 0 Å². The van der Waals surface area contributed by atoms with Gasteiger partial charge in [0.05, 0.1) is 12.6 Å². The molecule has 0 radical (unpaired) electrons. The number of nitrogens with zero attached hydrogens (tertiary/aromatic N) is 5. The third kappa shape index (κ3) is 2.87. The molecule has 1 fully saturated rings. The zero-order chi connectivity index (χ0) is 14.1. The summed E-state index contributed by atoms with van der Waals surface area (Å²) in [5.74, 6) is 2.20. The van der Waals surface area contributed by atoms with Crippen LogP contribution in [0, 0.1) is 0 Å². The van der Waals surface area contributed by atoms with Crippen LogP contribution in [0.1, 0.15) is 30.9 Å². The summed E-state index contributed by atoms with van der Waals surface area (Å²) in [6.07, 6.45) is 4.16. The maximum atomic E-state index is 9.95. The minimum Gasteiger partial charge on any atom is -0.392 e. The standard InChI is InChI=1S/C14H25N5O/c1-17(2)8-11-7-12(20)9-18(11)10-14-16-15-13-5-3-4-6-19(13)14/h11-12,20H,3-10H2,1-2H3. The Morgan fingerprint density at radius 3 is 2.95 bits per heavy atom. The Hall–Kier alpha value is -0.980. The highest BCUT2D eigenvalue weighted by atomic mass is 16.3. The van der Waals surface area contributed by atoms with Gasteiger partial charge in [0.15, 0.2) is 0 Å². The lowest BCUT2D eigenvalue weighted by molar-refractivity contribution is 0.166. The molecule has 2 aliphatic heterocycles. The first kappa shape index (κ1) is 14.0.